The highest BCUT2D eigenvalue weighted by atomic mass is 32.1. The number of hydrogen-bond donors (Lipinski definition) is 1. The van der Waals surface area contributed by atoms with Gasteiger partial charge in [0.15, 0.2) is 10.7 Å². The second-order valence-corrected chi connectivity index (χ2v) is 2.75. The van der Waals surface area contributed by atoms with Crippen LogP contribution in [0.4, 0.5) is 0 Å². The van der Waals surface area contributed by atoms with Crippen molar-refractivity contribution in [3.8, 4) is 0 Å². The standard InChI is InChI=1S/C6H6N2O3S/c1-11-6(10)3-2-12-5(8-3)4(7)9/h2H,1H3,(H2,7,9). The molecule has 0 aliphatic rings. The Kier molecular flexibility index (Phi) is 2.39. The van der Waals surface area contributed by atoms with Crippen LogP contribution in [0.3, 0.4) is 0 Å². The minimum absolute atomic E-state index is 0.107. The number of nitrogens with zero attached hydrogens (tertiary/aromatic N) is 1. The zero-order valence-electron chi connectivity index (χ0n) is 6.23. The number of amides is 1. The van der Waals surface area contributed by atoms with Crippen LogP contribution in [0, 0.1) is 0 Å². The van der Waals surface area contributed by atoms with E-state index in [-0.39, 0.29) is 10.7 Å². The van der Waals surface area contributed by atoms with Gasteiger partial charge in [-0.25, -0.2) is 9.78 Å². The average Bonchev–Trinajstić information content (AvgIpc) is 2.51. The van der Waals surface area contributed by atoms with Gasteiger partial charge in [-0.15, -0.1) is 11.3 Å². The summed E-state index contributed by atoms with van der Waals surface area (Å²) in [6.07, 6.45) is 0. The molecule has 64 valence electrons. The molecule has 12 heavy (non-hydrogen) atoms. The van der Waals surface area contributed by atoms with Crippen LogP contribution in [0.15, 0.2) is 5.38 Å². The lowest BCUT2D eigenvalue weighted by molar-refractivity contribution is 0.0595. The number of aromatic nitrogens is 1. The summed E-state index contributed by atoms with van der Waals surface area (Å²) in [6, 6.07) is 0. The smallest absolute Gasteiger partial charge is 0.357 e. The van der Waals surface area contributed by atoms with Gasteiger partial charge >= 0.3 is 5.97 Å². The topological polar surface area (TPSA) is 82.3 Å². The predicted molar refractivity (Wildman–Crippen MR) is 42.0 cm³/mol. The zero-order chi connectivity index (χ0) is 9.14. The highest BCUT2D eigenvalue weighted by molar-refractivity contribution is 7.11. The first-order valence-electron chi connectivity index (χ1n) is 2.99. The van der Waals surface area contributed by atoms with Gasteiger partial charge in [0.05, 0.1) is 7.11 Å². The fourth-order valence-electron chi connectivity index (χ4n) is 0.585. The molecule has 0 aliphatic carbocycles. The molecule has 0 saturated carbocycles. The molecule has 0 atom stereocenters. The van der Waals surface area contributed by atoms with Gasteiger partial charge in [0, 0.05) is 5.38 Å². The lowest BCUT2D eigenvalue weighted by atomic mass is 10.5. The summed E-state index contributed by atoms with van der Waals surface area (Å²) in [6.45, 7) is 0. The molecular formula is C6H6N2O3S. The van der Waals surface area contributed by atoms with Crippen LogP contribution in [0.1, 0.15) is 20.3 Å². The number of rotatable bonds is 2. The maximum absolute atomic E-state index is 10.8. The summed E-state index contributed by atoms with van der Waals surface area (Å²) in [4.78, 5) is 25.0. The monoisotopic (exact) mass is 186 g/mol. The number of carbonyl (C=O) groups excluding carboxylic acids is 2. The molecular weight excluding hydrogens is 180 g/mol. The molecule has 1 rings (SSSR count). The van der Waals surface area contributed by atoms with E-state index in [1.165, 1.54) is 12.5 Å². The Labute approximate surface area is 72.2 Å². The van der Waals surface area contributed by atoms with E-state index in [1.807, 2.05) is 0 Å². The third-order valence-electron chi connectivity index (χ3n) is 1.11. The van der Waals surface area contributed by atoms with Crippen molar-refractivity contribution in [2.45, 2.75) is 0 Å². The third kappa shape index (κ3) is 1.59. The van der Waals surface area contributed by atoms with Crippen molar-refractivity contribution in [2.75, 3.05) is 7.11 Å². The van der Waals surface area contributed by atoms with Gasteiger partial charge < -0.3 is 10.5 Å². The van der Waals surface area contributed by atoms with E-state index >= 15 is 0 Å². The van der Waals surface area contributed by atoms with Gasteiger partial charge in [-0.1, -0.05) is 0 Å². The van der Waals surface area contributed by atoms with E-state index in [9.17, 15) is 9.59 Å². The quantitative estimate of drug-likeness (QED) is 0.660. The van der Waals surface area contributed by atoms with Gasteiger partial charge in [0.1, 0.15) is 0 Å². The Morgan fingerprint density at radius 3 is 2.75 bits per heavy atom. The van der Waals surface area contributed by atoms with Gasteiger partial charge in [0.25, 0.3) is 5.91 Å². The molecule has 0 aromatic carbocycles. The molecule has 0 fully saturated rings. The summed E-state index contributed by atoms with van der Waals surface area (Å²) < 4.78 is 4.38. The summed E-state index contributed by atoms with van der Waals surface area (Å²) in [5.41, 5.74) is 5.03. The Hall–Kier alpha value is -1.43. The zero-order valence-corrected chi connectivity index (χ0v) is 7.05. The van der Waals surface area contributed by atoms with Crippen molar-refractivity contribution in [3.63, 3.8) is 0 Å². The van der Waals surface area contributed by atoms with E-state index in [2.05, 4.69) is 9.72 Å². The highest BCUT2D eigenvalue weighted by Crippen LogP contribution is 2.09. The van der Waals surface area contributed by atoms with E-state index in [0.717, 1.165) is 11.3 Å². The first-order valence-corrected chi connectivity index (χ1v) is 3.86. The molecule has 0 saturated heterocycles. The maximum atomic E-state index is 10.8. The number of thiazole rings is 1. The molecule has 1 aromatic rings. The number of primary amides is 1. The van der Waals surface area contributed by atoms with Gasteiger partial charge in [-0.2, -0.15) is 0 Å². The number of carbonyl (C=O) groups is 2. The molecule has 5 nitrogen and oxygen atoms in total. The van der Waals surface area contributed by atoms with E-state index in [1.54, 1.807) is 0 Å². The summed E-state index contributed by atoms with van der Waals surface area (Å²) in [5, 5.41) is 1.53. The number of hydrogen-bond acceptors (Lipinski definition) is 5. The van der Waals surface area contributed by atoms with E-state index in [0.29, 0.717) is 0 Å². The van der Waals surface area contributed by atoms with Crippen LogP contribution in [0.2, 0.25) is 0 Å². The third-order valence-corrected chi connectivity index (χ3v) is 1.97. The van der Waals surface area contributed by atoms with E-state index in [4.69, 9.17) is 5.73 Å². The number of esters is 1. The molecule has 1 heterocycles. The Bertz CT molecular complexity index is 320. The first-order chi connectivity index (χ1) is 5.65. The molecule has 0 bridgehead atoms. The summed E-state index contributed by atoms with van der Waals surface area (Å²) in [5.74, 6) is -1.21. The molecule has 2 N–H and O–H groups in total. The Balaban J connectivity index is 2.91. The second-order valence-electron chi connectivity index (χ2n) is 1.89. The SMILES string of the molecule is COC(=O)c1csc(C(N)=O)n1. The molecule has 1 aromatic heterocycles. The maximum Gasteiger partial charge on any atom is 0.357 e. The van der Waals surface area contributed by atoms with Gasteiger partial charge in [0.2, 0.25) is 0 Å². The molecule has 0 unspecified atom stereocenters. The van der Waals surface area contributed by atoms with Crippen molar-refractivity contribution in [1.29, 1.82) is 0 Å². The molecule has 6 heteroatoms. The average molecular weight is 186 g/mol. The fraction of sp³-hybridized carbons (Fsp3) is 0.167. The molecule has 0 spiro atoms. The Morgan fingerprint density at radius 1 is 1.67 bits per heavy atom. The van der Waals surface area contributed by atoms with Crippen molar-refractivity contribution >= 4 is 23.2 Å². The second kappa shape index (κ2) is 3.31. The lowest BCUT2D eigenvalue weighted by Gasteiger charge is -1.90. The van der Waals surface area contributed by atoms with Crippen LogP contribution < -0.4 is 5.73 Å². The minimum Gasteiger partial charge on any atom is -0.464 e. The normalized spacial score (nSPS) is 9.42. The molecule has 1 amide bonds. The summed E-state index contributed by atoms with van der Waals surface area (Å²) >= 11 is 1.01. The van der Waals surface area contributed by atoms with Crippen LogP contribution in [0.25, 0.3) is 0 Å². The predicted octanol–water partition coefficient (Wildman–Crippen LogP) is 0.0286. The number of nitrogens with two attached hydrogens (primary N) is 1. The molecule has 0 aliphatic heterocycles. The molecule has 0 radical (unpaired) electrons. The number of ether oxygens (including phenoxy) is 1. The minimum atomic E-state index is -0.643. The van der Waals surface area contributed by atoms with Crippen LogP contribution in [0.5, 0.6) is 0 Å². The van der Waals surface area contributed by atoms with Gasteiger partial charge in [-0.3, -0.25) is 4.79 Å². The fourth-order valence-corrected chi connectivity index (χ4v) is 1.22. The first kappa shape index (κ1) is 8.66. The van der Waals surface area contributed by atoms with Crippen molar-refractivity contribution in [1.82, 2.24) is 4.98 Å². The highest BCUT2D eigenvalue weighted by Gasteiger charge is 2.12. The Morgan fingerprint density at radius 2 is 2.33 bits per heavy atom. The van der Waals surface area contributed by atoms with Gasteiger partial charge in [-0.05, 0) is 0 Å². The lowest BCUT2D eigenvalue weighted by Crippen LogP contribution is -2.11. The number of methoxy groups -OCH3 is 1. The van der Waals surface area contributed by atoms with E-state index < -0.39 is 11.9 Å². The summed E-state index contributed by atoms with van der Waals surface area (Å²) in [7, 11) is 1.24. The van der Waals surface area contributed by atoms with Crippen molar-refractivity contribution in [3.05, 3.63) is 16.1 Å². The van der Waals surface area contributed by atoms with Crippen molar-refractivity contribution < 1.29 is 14.3 Å². The largest absolute Gasteiger partial charge is 0.464 e. The van der Waals surface area contributed by atoms with Crippen LogP contribution in [-0.4, -0.2) is 24.0 Å². The van der Waals surface area contributed by atoms with Crippen LogP contribution >= 0.6 is 11.3 Å². The van der Waals surface area contributed by atoms with Crippen molar-refractivity contribution in [2.24, 2.45) is 5.73 Å². The van der Waals surface area contributed by atoms with Crippen LogP contribution in [-0.2, 0) is 4.74 Å².